The van der Waals surface area contributed by atoms with Gasteiger partial charge in [0.05, 0.1) is 11.4 Å². The van der Waals surface area contributed by atoms with E-state index in [1.54, 1.807) is 47.8 Å². The molecule has 0 saturated carbocycles. The smallest absolute Gasteiger partial charge is 0.272 e. The van der Waals surface area contributed by atoms with Gasteiger partial charge in [-0.25, -0.2) is 0 Å². The molecule has 8 nitrogen and oxygen atoms in total. The molecule has 2 heterocycles. The van der Waals surface area contributed by atoms with Gasteiger partial charge in [-0.1, -0.05) is 0 Å². The summed E-state index contributed by atoms with van der Waals surface area (Å²) in [5.74, 6) is -0.431. The summed E-state index contributed by atoms with van der Waals surface area (Å²) in [6.07, 6.45) is 5.30. The molecule has 0 saturated heterocycles. The molecule has 0 unspecified atom stereocenters. The maximum Gasteiger partial charge on any atom is 0.272 e. The molecule has 0 spiro atoms. The van der Waals surface area contributed by atoms with Gasteiger partial charge in [-0.2, -0.15) is 0 Å². The number of anilines is 2. The summed E-state index contributed by atoms with van der Waals surface area (Å²) in [6, 6.07) is 3.27. The first kappa shape index (κ1) is 18.6. The van der Waals surface area contributed by atoms with Gasteiger partial charge in [0.15, 0.2) is 0 Å². The number of nitrogens with two attached hydrogens (primary N) is 1. The lowest BCUT2D eigenvalue weighted by Gasteiger charge is -2.05. The van der Waals surface area contributed by atoms with Crippen molar-refractivity contribution in [1.82, 2.24) is 19.8 Å². The fraction of sp³-hybridized carbons (Fsp3) is 0.412. The Morgan fingerprint density at radius 2 is 1.64 bits per heavy atom. The highest BCUT2D eigenvalue weighted by molar-refractivity contribution is 6.04. The number of unbranched alkanes of at least 4 members (excludes halogenated alkanes) is 1. The Kier molecular flexibility index (Phi) is 6.24. The first-order valence-corrected chi connectivity index (χ1v) is 8.24. The van der Waals surface area contributed by atoms with Crippen molar-refractivity contribution in [2.45, 2.75) is 12.8 Å². The summed E-state index contributed by atoms with van der Waals surface area (Å²) >= 11 is 0. The van der Waals surface area contributed by atoms with Gasteiger partial charge in [-0.15, -0.1) is 0 Å². The number of hydrogen-bond donors (Lipinski definition) is 4. The lowest BCUT2D eigenvalue weighted by atomic mass is 10.3. The zero-order chi connectivity index (χ0) is 18.4. The highest BCUT2D eigenvalue weighted by atomic mass is 16.2. The third-order valence-electron chi connectivity index (χ3n) is 3.89. The molecule has 136 valence electrons. The molecular weight excluding hydrogens is 320 g/mol. The number of carbonyl (C=O) groups excluding carboxylic acids is 2. The molecule has 0 bridgehead atoms. The van der Waals surface area contributed by atoms with Crippen LogP contribution in [0.15, 0.2) is 24.5 Å². The van der Waals surface area contributed by atoms with E-state index in [0.29, 0.717) is 29.3 Å². The van der Waals surface area contributed by atoms with E-state index in [-0.39, 0.29) is 11.8 Å². The maximum absolute atomic E-state index is 12.3. The van der Waals surface area contributed by atoms with Crippen LogP contribution in [0.4, 0.5) is 11.4 Å². The number of carbonyl (C=O) groups is 2. The van der Waals surface area contributed by atoms with Crippen molar-refractivity contribution in [2.75, 3.05) is 31.2 Å². The molecule has 2 aromatic heterocycles. The summed E-state index contributed by atoms with van der Waals surface area (Å²) in [7, 11) is 5.43. The van der Waals surface area contributed by atoms with Gasteiger partial charge in [0, 0.05) is 33.0 Å². The Labute approximate surface area is 147 Å². The standard InChI is InChI=1S/C17H26N6O2/c1-19-6-4-5-7-20-16(24)15-9-13(11-23(15)3)21-17(25)14-8-12(18)10-22(14)2/h8-11,19H,4-7,18H2,1-3H3,(H,20,24)(H,21,25). The van der Waals surface area contributed by atoms with E-state index in [4.69, 9.17) is 5.73 Å². The van der Waals surface area contributed by atoms with Crippen LogP contribution < -0.4 is 21.7 Å². The van der Waals surface area contributed by atoms with E-state index >= 15 is 0 Å². The van der Waals surface area contributed by atoms with E-state index in [1.807, 2.05) is 7.05 Å². The molecule has 0 aliphatic carbocycles. The van der Waals surface area contributed by atoms with Crippen LogP contribution >= 0.6 is 0 Å². The summed E-state index contributed by atoms with van der Waals surface area (Å²) < 4.78 is 3.35. The third-order valence-corrected chi connectivity index (χ3v) is 3.89. The fourth-order valence-electron chi connectivity index (χ4n) is 2.59. The van der Waals surface area contributed by atoms with Gasteiger partial charge in [-0.05, 0) is 38.6 Å². The Hall–Kier alpha value is -2.74. The molecule has 0 fully saturated rings. The Morgan fingerprint density at radius 3 is 2.28 bits per heavy atom. The monoisotopic (exact) mass is 346 g/mol. The highest BCUT2D eigenvalue weighted by Gasteiger charge is 2.15. The largest absolute Gasteiger partial charge is 0.397 e. The normalized spacial score (nSPS) is 10.7. The van der Waals surface area contributed by atoms with Gasteiger partial charge >= 0.3 is 0 Å². The molecule has 2 amide bonds. The number of hydrogen-bond acceptors (Lipinski definition) is 4. The zero-order valence-electron chi connectivity index (χ0n) is 14.9. The predicted octanol–water partition coefficient (Wildman–Crippen LogP) is 0.928. The molecule has 0 aliphatic heterocycles. The Bertz CT molecular complexity index is 746. The summed E-state index contributed by atoms with van der Waals surface area (Å²) in [6.45, 7) is 1.55. The van der Waals surface area contributed by atoms with Gasteiger partial charge in [0.2, 0.25) is 0 Å². The first-order valence-electron chi connectivity index (χ1n) is 8.24. The number of rotatable bonds is 8. The quantitative estimate of drug-likeness (QED) is 0.534. The van der Waals surface area contributed by atoms with Crippen molar-refractivity contribution in [2.24, 2.45) is 14.1 Å². The number of nitrogens with zero attached hydrogens (tertiary/aromatic N) is 2. The van der Waals surface area contributed by atoms with Crippen molar-refractivity contribution < 1.29 is 9.59 Å². The van der Waals surface area contributed by atoms with Crippen molar-refractivity contribution in [3.63, 3.8) is 0 Å². The number of amides is 2. The van der Waals surface area contributed by atoms with Crippen LogP contribution in [0.25, 0.3) is 0 Å². The van der Waals surface area contributed by atoms with E-state index in [2.05, 4.69) is 16.0 Å². The zero-order valence-corrected chi connectivity index (χ0v) is 14.9. The van der Waals surface area contributed by atoms with Crippen LogP contribution in [-0.4, -0.2) is 41.1 Å². The molecule has 8 heteroatoms. The second-order valence-corrected chi connectivity index (χ2v) is 6.02. The molecule has 0 aliphatic rings. The summed E-state index contributed by atoms with van der Waals surface area (Å²) in [5, 5.41) is 8.75. The van der Waals surface area contributed by atoms with Crippen LogP contribution in [-0.2, 0) is 14.1 Å². The summed E-state index contributed by atoms with van der Waals surface area (Å²) in [4.78, 5) is 24.6. The van der Waals surface area contributed by atoms with Crippen LogP contribution in [0.3, 0.4) is 0 Å². The van der Waals surface area contributed by atoms with E-state index in [0.717, 1.165) is 19.4 Å². The lowest BCUT2D eigenvalue weighted by molar-refractivity contribution is 0.0943. The van der Waals surface area contributed by atoms with Crippen LogP contribution in [0.5, 0.6) is 0 Å². The minimum Gasteiger partial charge on any atom is -0.397 e. The molecule has 0 atom stereocenters. The molecule has 25 heavy (non-hydrogen) atoms. The SMILES string of the molecule is CNCCCCNC(=O)c1cc(NC(=O)c2cc(N)cn2C)cn1C. The average Bonchev–Trinajstić information content (AvgIpc) is 3.08. The van der Waals surface area contributed by atoms with Crippen molar-refractivity contribution in [3.8, 4) is 0 Å². The fourth-order valence-corrected chi connectivity index (χ4v) is 2.59. The van der Waals surface area contributed by atoms with Gasteiger partial charge in [0.25, 0.3) is 11.8 Å². The minimum atomic E-state index is -0.274. The van der Waals surface area contributed by atoms with E-state index < -0.39 is 0 Å². The molecule has 5 N–H and O–H groups in total. The van der Waals surface area contributed by atoms with E-state index in [1.165, 1.54) is 0 Å². The van der Waals surface area contributed by atoms with Crippen molar-refractivity contribution >= 4 is 23.2 Å². The second kappa shape index (κ2) is 8.39. The average molecular weight is 346 g/mol. The number of nitrogen functional groups attached to an aromatic ring is 1. The molecule has 2 aromatic rings. The van der Waals surface area contributed by atoms with E-state index in [9.17, 15) is 9.59 Å². The van der Waals surface area contributed by atoms with Crippen molar-refractivity contribution in [3.05, 3.63) is 35.9 Å². The highest BCUT2D eigenvalue weighted by Crippen LogP contribution is 2.16. The molecule has 0 aromatic carbocycles. The number of aryl methyl sites for hydroxylation is 2. The number of aromatic nitrogens is 2. The Morgan fingerprint density at radius 1 is 1.00 bits per heavy atom. The van der Waals surface area contributed by atoms with Gasteiger partial charge < -0.3 is 30.8 Å². The molecular formula is C17H26N6O2. The minimum absolute atomic E-state index is 0.157. The first-order chi connectivity index (χ1) is 11.9. The second-order valence-electron chi connectivity index (χ2n) is 6.02. The topological polar surface area (TPSA) is 106 Å². The third kappa shape index (κ3) is 4.87. The molecule has 2 rings (SSSR count). The Balaban J connectivity index is 1.96. The lowest BCUT2D eigenvalue weighted by Crippen LogP contribution is -2.26. The van der Waals surface area contributed by atoms with Crippen LogP contribution in [0, 0.1) is 0 Å². The van der Waals surface area contributed by atoms with Crippen LogP contribution in [0.1, 0.15) is 33.8 Å². The predicted molar refractivity (Wildman–Crippen MR) is 98.7 cm³/mol. The number of nitrogens with one attached hydrogen (secondary N) is 3. The maximum atomic E-state index is 12.3. The van der Waals surface area contributed by atoms with Crippen LogP contribution in [0.2, 0.25) is 0 Å². The van der Waals surface area contributed by atoms with Crippen molar-refractivity contribution in [1.29, 1.82) is 0 Å². The summed E-state index contributed by atoms with van der Waals surface area (Å²) in [5.41, 5.74) is 7.73. The molecule has 0 radical (unpaired) electrons. The van der Waals surface area contributed by atoms with Gasteiger partial charge in [0.1, 0.15) is 11.4 Å². The van der Waals surface area contributed by atoms with Gasteiger partial charge in [-0.3, -0.25) is 9.59 Å².